The van der Waals surface area contributed by atoms with Crippen molar-refractivity contribution in [3.63, 3.8) is 0 Å². The van der Waals surface area contributed by atoms with E-state index in [2.05, 4.69) is 55.9 Å². The van der Waals surface area contributed by atoms with Crippen molar-refractivity contribution in [1.29, 1.82) is 0 Å². The third-order valence-corrected chi connectivity index (χ3v) is 3.57. The molecule has 1 heterocycles. The van der Waals surface area contributed by atoms with E-state index in [9.17, 15) is 0 Å². The van der Waals surface area contributed by atoms with Gasteiger partial charge >= 0.3 is 0 Å². The number of likely N-dealkylation sites (N-methyl/N-ethyl adjacent to an activating group) is 1. The third-order valence-electron chi connectivity index (χ3n) is 3.57. The Morgan fingerprint density at radius 2 is 2.15 bits per heavy atom. The minimum Gasteiger partial charge on any atom is -0.303 e. The topological polar surface area (TPSA) is 16.1 Å². The van der Waals surface area contributed by atoms with Crippen molar-refractivity contribution >= 4 is 0 Å². The van der Waals surface area contributed by atoms with Crippen LogP contribution in [0.2, 0.25) is 0 Å². The van der Waals surface area contributed by atoms with Crippen LogP contribution in [0.1, 0.15) is 45.7 Å². The van der Waals surface area contributed by atoms with Crippen LogP contribution >= 0.6 is 0 Å². The molecule has 1 rings (SSSR count). The summed E-state index contributed by atoms with van der Waals surface area (Å²) in [5.41, 5.74) is 2.65. The molecule has 0 aliphatic heterocycles. The Kier molecular flexibility index (Phi) is 8.20. The van der Waals surface area contributed by atoms with Crippen LogP contribution in [0.15, 0.2) is 36.0 Å². The normalized spacial score (nSPS) is 12.4. The van der Waals surface area contributed by atoms with Crippen LogP contribution in [-0.4, -0.2) is 30.0 Å². The van der Waals surface area contributed by atoms with Gasteiger partial charge in [0.15, 0.2) is 0 Å². The number of aryl methyl sites for hydroxylation is 1. The highest BCUT2D eigenvalue weighted by molar-refractivity contribution is 5.07. The second kappa shape index (κ2) is 9.71. The minimum absolute atomic E-state index is 0.819. The van der Waals surface area contributed by atoms with E-state index in [1.807, 2.05) is 12.3 Å². The first kappa shape index (κ1) is 16.9. The SMILES string of the molecule is C/C(=C\CN(C)CCCC(C)C)CCc1ccccn1. The molecule has 0 saturated heterocycles. The molecule has 2 nitrogen and oxygen atoms in total. The van der Waals surface area contributed by atoms with Crippen LogP contribution in [-0.2, 0) is 6.42 Å². The average molecular weight is 274 g/mol. The van der Waals surface area contributed by atoms with Crippen LogP contribution < -0.4 is 0 Å². The van der Waals surface area contributed by atoms with Gasteiger partial charge in [-0.1, -0.05) is 31.6 Å². The van der Waals surface area contributed by atoms with Gasteiger partial charge in [0.2, 0.25) is 0 Å². The fourth-order valence-electron chi connectivity index (χ4n) is 2.15. The van der Waals surface area contributed by atoms with E-state index in [4.69, 9.17) is 0 Å². The average Bonchev–Trinajstić information content (AvgIpc) is 2.43. The molecule has 0 N–H and O–H groups in total. The molecule has 1 aromatic rings. The molecule has 0 saturated carbocycles. The van der Waals surface area contributed by atoms with E-state index in [1.54, 1.807) is 0 Å². The lowest BCUT2D eigenvalue weighted by Gasteiger charge is -2.15. The lowest BCUT2D eigenvalue weighted by Crippen LogP contribution is -2.20. The van der Waals surface area contributed by atoms with Crippen LogP contribution in [0.3, 0.4) is 0 Å². The van der Waals surface area contributed by atoms with Gasteiger partial charge in [0.1, 0.15) is 0 Å². The molecule has 0 amide bonds. The molecule has 112 valence electrons. The molecule has 0 spiro atoms. The first-order valence-electron chi connectivity index (χ1n) is 7.82. The minimum atomic E-state index is 0.819. The van der Waals surface area contributed by atoms with Gasteiger partial charge in [-0.25, -0.2) is 0 Å². The number of aromatic nitrogens is 1. The van der Waals surface area contributed by atoms with Crippen molar-refractivity contribution < 1.29 is 0 Å². The second-order valence-electron chi connectivity index (χ2n) is 6.17. The molecule has 0 aromatic carbocycles. The zero-order valence-electron chi connectivity index (χ0n) is 13.6. The van der Waals surface area contributed by atoms with Gasteiger partial charge in [-0.2, -0.15) is 0 Å². The molecule has 2 heteroatoms. The Hall–Kier alpha value is -1.15. The molecule has 0 aliphatic carbocycles. The van der Waals surface area contributed by atoms with Gasteiger partial charge in [-0.05, 0) is 64.3 Å². The summed E-state index contributed by atoms with van der Waals surface area (Å²) in [5, 5.41) is 0. The van der Waals surface area contributed by atoms with Gasteiger partial charge in [-0.15, -0.1) is 0 Å². The fourth-order valence-corrected chi connectivity index (χ4v) is 2.15. The van der Waals surface area contributed by atoms with Crippen LogP contribution in [0.25, 0.3) is 0 Å². The Morgan fingerprint density at radius 3 is 2.80 bits per heavy atom. The van der Waals surface area contributed by atoms with Gasteiger partial charge in [0, 0.05) is 18.4 Å². The zero-order valence-corrected chi connectivity index (χ0v) is 13.6. The smallest absolute Gasteiger partial charge is 0.0406 e. The predicted molar refractivity (Wildman–Crippen MR) is 87.9 cm³/mol. The summed E-state index contributed by atoms with van der Waals surface area (Å²) in [4.78, 5) is 6.77. The molecule has 1 aromatic heterocycles. The van der Waals surface area contributed by atoms with Crippen molar-refractivity contribution in [2.24, 2.45) is 5.92 Å². The summed E-state index contributed by atoms with van der Waals surface area (Å²) in [6.45, 7) is 9.07. The maximum Gasteiger partial charge on any atom is 0.0406 e. The summed E-state index contributed by atoms with van der Waals surface area (Å²) in [5.74, 6) is 0.819. The Labute approximate surface area is 124 Å². The van der Waals surface area contributed by atoms with Gasteiger partial charge in [-0.3, -0.25) is 4.98 Å². The number of nitrogens with zero attached hydrogens (tertiary/aromatic N) is 2. The first-order valence-corrected chi connectivity index (χ1v) is 7.82. The van der Waals surface area contributed by atoms with Crippen LogP contribution in [0.5, 0.6) is 0 Å². The maximum atomic E-state index is 4.37. The van der Waals surface area contributed by atoms with Gasteiger partial charge in [0.05, 0.1) is 0 Å². The van der Waals surface area contributed by atoms with Gasteiger partial charge < -0.3 is 4.90 Å². The number of pyridine rings is 1. The van der Waals surface area contributed by atoms with Crippen LogP contribution in [0.4, 0.5) is 0 Å². The monoisotopic (exact) mass is 274 g/mol. The summed E-state index contributed by atoms with van der Waals surface area (Å²) >= 11 is 0. The van der Waals surface area contributed by atoms with Gasteiger partial charge in [0.25, 0.3) is 0 Å². The second-order valence-corrected chi connectivity index (χ2v) is 6.17. The van der Waals surface area contributed by atoms with Crippen molar-refractivity contribution in [3.05, 3.63) is 41.7 Å². The van der Waals surface area contributed by atoms with E-state index in [0.717, 1.165) is 25.3 Å². The highest BCUT2D eigenvalue weighted by atomic mass is 15.1. The molecule has 0 atom stereocenters. The van der Waals surface area contributed by atoms with E-state index in [0.29, 0.717) is 0 Å². The lowest BCUT2D eigenvalue weighted by atomic mass is 10.1. The molecular weight excluding hydrogens is 244 g/mol. The van der Waals surface area contributed by atoms with E-state index in [-0.39, 0.29) is 0 Å². The standard InChI is InChI=1S/C18H30N2/c1-16(2)8-7-14-20(4)15-12-17(3)10-11-18-9-5-6-13-19-18/h5-6,9,12-13,16H,7-8,10-11,14-15H2,1-4H3/b17-12+. The predicted octanol–water partition coefficient (Wildman–Crippen LogP) is 4.33. The lowest BCUT2D eigenvalue weighted by molar-refractivity contribution is 0.347. The Morgan fingerprint density at radius 1 is 1.35 bits per heavy atom. The fraction of sp³-hybridized carbons (Fsp3) is 0.611. The Bertz CT molecular complexity index is 382. The van der Waals surface area contributed by atoms with Crippen molar-refractivity contribution in [2.75, 3.05) is 20.1 Å². The summed E-state index contributed by atoms with van der Waals surface area (Å²) in [6.07, 6.45) is 9.01. The van der Waals surface area contributed by atoms with Crippen LogP contribution in [0, 0.1) is 5.92 Å². The van der Waals surface area contributed by atoms with E-state index < -0.39 is 0 Å². The molecular formula is C18H30N2. The molecule has 0 unspecified atom stereocenters. The summed E-state index contributed by atoms with van der Waals surface area (Å²) in [6, 6.07) is 6.13. The number of hydrogen-bond acceptors (Lipinski definition) is 2. The van der Waals surface area contributed by atoms with Crippen molar-refractivity contribution in [3.8, 4) is 0 Å². The summed E-state index contributed by atoms with van der Waals surface area (Å²) in [7, 11) is 2.21. The molecule has 0 radical (unpaired) electrons. The molecule has 0 bridgehead atoms. The van der Waals surface area contributed by atoms with E-state index >= 15 is 0 Å². The van der Waals surface area contributed by atoms with E-state index in [1.165, 1.54) is 30.7 Å². The molecule has 0 fully saturated rings. The highest BCUT2D eigenvalue weighted by Gasteiger charge is 1.99. The largest absolute Gasteiger partial charge is 0.303 e. The zero-order chi connectivity index (χ0) is 14.8. The van der Waals surface area contributed by atoms with Crippen molar-refractivity contribution in [2.45, 2.75) is 46.5 Å². The summed E-state index contributed by atoms with van der Waals surface area (Å²) < 4.78 is 0. The maximum absolute atomic E-state index is 4.37. The Balaban J connectivity index is 2.20. The highest BCUT2D eigenvalue weighted by Crippen LogP contribution is 2.07. The number of hydrogen-bond donors (Lipinski definition) is 0. The number of allylic oxidation sites excluding steroid dienone is 1. The molecule has 0 aliphatic rings. The number of rotatable bonds is 9. The van der Waals surface area contributed by atoms with Crippen molar-refractivity contribution in [1.82, 2.24) is 9.88 Å². The molecule has 20 heavy (non-hydrogen) atoms. The quantitative estimate of drug-likeness (QED) is 0.623. The third kappa shape index (κ3) is 8.11. The first-order chi connectivity index (χ1) is 9.58.